The number of halogens is 1. The Labute approximate surface area is 165 Å². The number of thioether (sulfide) groups is 1. The Morgan fingerprint density at radius 3 is 2.61 bits per heavy atom. The first-order valence-electron chi connectivity index (χ1n) is 9.12. The van der Waals surface area contributed by atoms with E-state index in [9.17, 15) is 4.39 Å². The highest BCUT2D eigenvalue weighted by atomic mass is 32.2. The molecule has 5 rings (SSSR count). The van der Waals surface area contributed by atoms with E-state index in [1.807, 2.05) is 35.0 Å². The van der Waals surface area contributed by atoms with Crippen LogP contribution >= 0.6 is 11.8 Å². The van der Waals surface area contributed by atoms with E-state index in [-0.39, 0.29) is 5.82 Å². The van der Waals surface area contributed by atoms with Gasteiger partial charge in [-0.15, -0.1) is 5.10 Å². The summed E-state index contributed by atoms with van der Waals surface area (Å²) >= 11 is 1.50. The van der Waals surface area contributed by atoms with E-state index < -0.39 is 0 Å². The minimum atomic E-state index is -0.273. The molecule has 7 heteroatoms. The van der Waals surface area contributed by atoms with Gasteiger partial charge in [0.05, 0.1) is 17.6 Å². The van der Waals surface area contributed by atoms with E-state index in [0.29, 0.717) is 28.5 Å². The van der Waals surface area contributed by atoms with Crippen LogP contribution in [0.25, 0.3) is 17.0 Å². The van der Waals surface area contributed by atoms with Crippen LogP contribution in [0.1, 0.15) is 30.5 Å². The molecule has 0 atom stereocenters. The normalized spacial score (nSPS) is 13.8. The number of nitrogens with zero attached hydrogens (tertiary/aromatic N) is 4. The molecule has 2 heterocycles. The summed E-state index contributed by atoms with van der Waals surface area (Å²) in [5.74, 6) is 2.99. The van der Waals surface area contributed by atoms with E-state index >= 15 is 0 Å². The van der Waals surface area contributed by atoms with Gasteiger partial charge < -0.3 is 4.42 Å². The van der Waals surface area contributed by atoms with Gasteiger partial charge in [-0.3, -0.25) is 0 Å². The van der Waals surface area contributed by atoms with Gasteiger partial charge in [0.25, 0.3) is 0 Å². The van der Waals surface area contributed by atoms with Crippen molar-refractivity contribution in [2.45, 2.75) is 29.7 Å². The summed E-state index contributed by atoms with van der Waals surface area (Å²) in [6.45, 7) is 0. The number of rotatable bonds is 6. The summed E-state index contributed by atoms with van der Waals surface area (Å²) in [7, 11) is 0. The predicted octanol–water partition coefficient (Wildman–Crippen LogP) is 5.23. The van der Waals surface area contributed by atoms with E-state index in [2.05, 4.69) is 10.1 Å². The van der Waals surface area contributed by atoms with Crippen molar-refractivity contribution in [1.82, 2.24) is 19.7 Å². The SMILES string of the molecule is Fc1ccc(-c2cnc(CSc3nc(C4CC4)n(-c4ccccc4)n3)o2)cc1. The second-order valence-electron chi connectivity index (χ2n) is 6.69. The lowest BCUT2D eigenvalue weighted by atomic mass is 10.2. The highest BCUT2D eigenvalue weighted by molar-refractivity contribution is 7.98. The molecule has 0 amide bonds. The van der Waals surface area contributed by atoms with Gasteiger partial charge in [0.15, 0.2) is 5.76 Å². The minimum absolute atomic E-state index is 0.273. The average Bonchev–Trinajstić information content (AvgIpc) is 3.31. The molecule has 5 nitrogen and oxygen atoms in total. The van der Waals surface area contributed by atoms with E-state index in [1.54, 1.807) is 18.3 Å². The first-order chi connectivity index (χ1) is 13.8. The van der Waals surface area contributed by atoms with Crippen molar-refractivity contribution < 1.29 is 8.81 Å². The zero-order valence-electron chi connectivity index (χ0n) is 15.0. The third-order valence-corrected chi connectivity index (χ3v) is 5.39. The fraction of sp³-hybridized carbons (Fsp3) is 0.190. The van der Waals surface area contributed by atoms with Gasteiger partial charge in [0.2, 0.25) is 11.0 Å². The number of benzene rings is 2. The number of hydrogen-bond acceptors (Lipinski definition) is 5. The molecule has 0 spiro atoms. The van der Waals surface area contributed by atoms with Crippen LogP contribution in [0.3, 0.4) is 0 Å². The predicted molar refractivity (Wildman–Crippen MR) is 105 cm³/mol. The number of oxazole rings is 1. The third kappa shape index (κ3) is 3.57. The Morgan fingerprint density at radius 2 is 1.86 bits per heavy atom. The number of hydrogen-bond donors (Lipinski definition) is 0. The average molecular weight is 392 g/mol. The van der Waals surface area contributed by atoms with Crippen LogP contribution < -0.4 is 0 Å². The van der Waals surface area contributed by atoms with Gasteiger partial charge in [-0.2, -0.15) is 0 Å². The summed E-state index contributed by atoms with van der Waals surface area (Å²) in [6, 6.07) is 16.3. The molecule has 28 heavy (non-hydrogen) atoms. The smallest absolute Gasteiger partial charge is 0.209 e. The van der Waals surface area contributed by atoms with Crippen LogP contribution in [0, 0.1) is 5.82 Å². The van der Waals surface area contributed by atoms with Crippen molar-refractivity contribution in [2.75, 3.05) is 0 Å². The van der Waals surface area contributed by atoms with Gasteiger partial charge in [0.1, 0.15) is 11.6 Å². The second-order valence-corrected chi connectivity index (χ2v) is 7.63. The molecule has 140 valence electrons. The maximum Gasteiger partial charge on any atom is 0.209 e. The van der Waals surface area contributed by atoms with Crippen molar-refractivity contribution >= 4 is 11.8 Å². The van der Waals surface area contributed by atoms with Crippen LogP contribution in [0.5, 0.6) is 0 Å². The zero-order chi connectivity index (χ0) is 18.9. The van der Waals surface area contributed by atoms with Crippen molar-refractivity contribution in [3.05, 3.63) is 78.3 Å². The Hall–Kier alpha value is -2.93. The van der Waals surface area contributed by atoms with Crippen molar-refractivity contribution in [2.24, 2.45) is 0 Å². The first kappa shape index (κ1) is 17.2. The molecule has 0 N–H and O–H groups in total. The van der Waals surface area contributed by atoms with Crippen LogP contribution in [0.2, 0.25) is 0 Å². The largest absolute Gasteiger partial charge is 0.440 e. The van der Waals surface area contributed by atoms with Crippen molar-refractivity contribution in [3.8, 4) is 17.0 Å². The molecule has 2 aromatic heterocycles. The quantitative estimate of drug-likeness (QED) is 0.421. The van der Waals surface area contributed by atoms with Crippen LogP contribution in [-0.2, 0) is 5.75 Å². The lowest BCUT2D eigenvalue weighted by Crippen LogP contribution is -2.01. The Morgan fingerprint density at radius 1 is 1.07 bits per heavy atom. The summed E-state index contributed by atoms with van der Waals surface area (Å²) in [6.07, 6.45) is 3.99. The van der Waals surface area contributed by atoms with Gasteiger partial charge in [-0.1, -0.05) is 30.0 Å². The molecule has 2 aromatic carbocycles. The van der Waals surface area contributed by atoms with Crippen LogP contribution in [0.15, 0.2) is 70.4 Å². The molecular weight excluding hydrogens is 375 g/mol. The fourth-order valence-electron chi connectivity index (χ4n) is 2.98. The molecule has 0 unspecified atom stereocenters. The lowest BCUT2D eigenvalue weighted by Gasteiger charge is -2.03. The molecule has 1 fully saturated rings. The molecule has 0 bridgehead atoms. The molecule has 1 aliphatic rings. The van der Waals surface area contributed by atoms with E-state index in [0.717, 1.165) is 29.9 Å². The molecule has 0 saturated heterocycles. The maximum absolute atomic E-state index is 13.1. The van der Waals surface area contributed by atoms with Crippen molar-refractivity contribution in [3.63, 3.8) is 0 Å². The summed E-state index contributed by atoms with van der Waals surface area (Å²) in [5, 5.41) is 5.40. The van der Waals surface area contributed by atoms with Gasteiger partial charge in [-0.25, -0.2) is 19.0 Å². The molecule has 1 saturated carbocycles. The first-order valence-corrected chi connectivity index (χ1v) is 10.1. The van der Waals surface area contributed by atoms with E-state index in [4.69, 9.17) is 9.40 Å². The Bertz CT molecular complexity index is 1090. The summed E-state index contributed by atoms with van der Waals surface area (Å²) < 4.78 is 20.8. The highest BCUT2D eigenvalue weighted by Crippen LogP contribution is 2.40. The monoisotopic (exact) mass is 392 g/mol. The highest BCUT2D eigenvalue weighted by Gasteiger charge is 2.30. The van der Waals surface area contributed by atoms with Gasteiger partial charge >= 0.3 is 0 Å². The van der Waals surface area contributed by atoms with Gasteiger partial charge in [-0.05, 0) is 49.2 Å². The van der Waals surface area contributed by atoms with Crippen LogP contribution in [-0.4, -0.2) is 19.7 Å². The standard InChI is InChI=1S/C21H17FN4OS/c22-16-10-8-14(9-11-16)18-12-23-19(27-18)13-28-21-24-20(15-6-7-15)26(25-21)17-4-2-1-3-5-17/h1-5,8-12,15H,6-7,13H2. The maximum atomic E-state index is 13.1. The molecule has 1 aliphatic carbocycles. The Balaban J connectivity index is 1.33. The fourth-order valence-corrected chi connectivity index (χ4v) is 3.66. The summed E-state index contributed by atoms with van der Waals surface area (Å²) in [4.78, 5) is 9.06. The van der Waals surface area contributed by atoms with Gasteiger partial charge in [0, 0.05) is 11.5 Å². The van der Waals surface area contributed by atoms with Crippen LogP contribution in [0.4, 0.5) is 4.39 Å². The van der Waals surface area contributed by atoms with E-state index in [1.165, 1.54) is 23.9 Å². The van der Waals surface area contributed by atoms with Crippen molar-refractivity contribution in [1.29, 1.82) is 0 Å². The summed E-state index contributed by atoms with van der Waals surface area (Å²) in [5.41, 5.74) is 1.83. The third-order valence-electron chi connectivity index (χ3n) is 4.56. The minimum Gasteiger partial charge on any atom is -0.440 e. The number of aromatic nitrogens is 4. The lowest BCUT2D eigenvalue weighted by molar-refractivity contribution is 0.529. The molecular formula is C21H17FN4OS. The Kier molecular flexibility index (Phi) is 4.44. The second kappa shape index (κ2) is 7.24. The molecule has 0 aliphatic heterocycles. The topological polar surface area (TPSA) is 56.7 Å². The zero-order valence-corrected chi connectivity index (χ0v) is 15.8. The molecule has 4 aromatic rings. The number of para-hydroxylation sites is 1. The molecule has 0 radical (unpaired) electrons.